The van der Waals surface area contributed by atoms with Crippen LogP contribution >= 0.6 is 0 Å². The first kappa shape index (κ1) is 20.0. The van der Waals surface area contributed by atoms with Gasteiger partial charge in [0.15, 0.2) is 6.61 Å². The van der Waals surface area contributed by atoms with Crippen molar-refractivity contribution in [2.45, 2.75) is 13.8 Å². The van der Waals surface area contributed by atoms with Crippen molar-refractivity contribution in [3.63, 3.8) is 0 Å². The second-order valence-corrected chi connectivity index (χ2v) is 5.94. The molecule has 2 rings (SSSR count). The maximum absolute atomic E-state index is 12.4. The van der Waals surface area contributed by atoms with E-state index in [1.807, 2.05) is 32.0 Å². The van der Waals surface area contributed by atoms with E-state index >= 15 is 0 Å². The van der Waals surface area contributed by atoms with E-state index in [0.29, 0.717) is 11.3 Å². The Kier molecular flexibility index (Phi) is 6.93. The number of hydrogen-bond donors (Lipinski definition) is 3. The van der Waals surface area contributed by atoms with E-state index in [-0.39, 0.29) is 12.5 Å². The van der Waals surface area contributed by atoms with Gasteiger partial charge in [-0.1, -0.05) is 24.3 Å². The fourth-order valence-corrected chi connectivity index (χ4v) is 2.33. The first-order valence-corrected chi connectivity index (χ1v) is 8.49. The first-order chi connectivity index (χ1) is 12.9. The zero-order valence-electron chi connectivity index (χ0n) is 15.6. The van der Waals surface area contributed by atoms with Gasteiger partial charge in [-0.2, -0.15) is 0 Å². The van der Waals surface area contributed by atoms with Gasteiger partial charge in [-0.3, -0.25) is 9.59 Å². The molecular weight excluding hydrogens is 346 g/mol. The Balaban J connectivity index is 2.04. The third-order valence-electron chi connectivity index (χ3n) is 4.08. The summed E-state index contributed by atoms with van der Waals surface area (Å²) in [5, 5.41) is 7.99. The second-order valence-electron chi connectivity index (χ2n) is 5.94. The van der Waals surface area contributed by atoms with Gasteiger partial charge in [0.05, 0.1) is 17.8 Å². The standard InChI is InChI=1S/C20H23N3O4/c1-13-7-6-10-16(14(13)2)23-17-9-5-4-8-15(17)20(26)27-12-19(25)22-11-18(24)21-3/h4-10,23H,11-12H2,1-3H3,(H,21,24)(H,22,25). The molecule has 0 radical (unpaired) electrons. The monoisotopic (exact) mass is 369 g/mol. The predicted molar refractivity (Wildman–Crippen MR) is 103 cm³/mol. The number of hydrogen-bond acceptors (Lipinski definition) is 5. The topological polar surface area (TPSA) is 96.5 Å². The number of likely N-dealkylation sites (N-methyl/N-ethyl adjacent to an activating group) is 1. The van der Waals surface area contributed by atoms with E-state index < -0.39 is 18.5 Å². The number of ether oxygens (including phenoxy) is 1. The molecule has 2 aromatic carbocycles. The average molecular weight is 369 g/mol. The molecule has 2 amide bonds. The van der Waals surface area contributed by atoms with Crippen molar-refractivity contribution in [2.75, 3.05) is 25.5 Å². The first-order valence-electron chi connectivity index (χ1n) is 8.49. The lowest BCUT2D eigenvalue weighted by Crippen LogP contribution is -2.37. The molecule has 0 heterocycles. The van der Waals surface area contributed by atoms with Crippen LogP contribution in [0.15, 0.2) is 42.5 Å². The van der Waals surface area contributed by atoms with Gasteiger partial charge in [0.1, 0.15) is 0 Å². The van der Waals surface area contributed by atoms with Gasteiger partial charge < -0.3 is 20.7 Å². The molecule has 0 saturated heterocycles. The Labute approximate surface area is 158 Å². The minimum Gasteiger partial charge on any atom is -0.452 e. The van der Waals surface area contributed by atoms with Crippen molar-refractivity contribution in [2.24, 2.45) is 0 Å². The third kappa shape index (κ3) is 5.57. The SMILES string of the molecule is CNC(=O)CNC(=O)COC(=O)c1ccccc1Nc1cccc(C)c1C. The van der Waals surface area contributed by atoms with Gasteiger partial charge in [-0.15, -0.1) is 0 Å². The summed E-state index contributed by atoms with van der Waals surface area (Å²) < 4.78 is 5.07. The summed E-state index contributed by atoms with van der Waals surface area (Å²) >= 11 is 0. The lowest BCUT2D eigenvalue weighted by Gasteiger charge is -2.14. The highest BCUT2D eigenvalue weighted by Gasteiger charge is 2.15. The van der Waals surface area contributed by atoms with Crippen LogP contribution in [-0.2, 0) is 14.3 Å². The van der Waals surface area contributed by atoms with Crippen LogP contribution in [0.25, 0.3) is 0 Å². The molecule has 2 aromatic rings. The Morgan fingerprint density at radius 1 is 0.926 bits per heavy atom. The Morgan fingerprint density at radius 2 is 1.63 bits per heavy atom. The van der Waals surface area contributed by atoms with E-state index in [4.69, 9.17) is 4.74 Å². The van der Waals surface area contributed by atoms with Gasteiger partial charge >= 0.3 is 5.97 Å². The predicted octanol–water partition coefficient (Wildman–Crippen LogP) is 2.07. The Morgan fingerprint density at radius 3 is 2.37 bits per heavy atom. The van der Waals surface area contributed by atoms with Crippen LogP contribution in [0, 0.1) is 13.8 Å². The smallest absolute Gasteiger partial charge is 0.340 e. The summed E-state index contributed by atoms with van der Waals surface area (Å²) in [6.07, 6.45) is 0. The molecule has 0 spiro atoms. The second kappa shape index (κ2) is 9.38. The molecule has 27 heavy (non-hydrogen) atoms. The minimum absolute atomic E-state index is 0.169. The van der Waals surface area contributed by atoms with Crippen LogP contribution in [-0.4, -0.2) is 38.0 Å². The number of carbonyl (C=O) groups is 3. The van der Waals surface area contributed by atoms with Crippen LogP contribution in [0.5, 0.6) is 0 Å². The van der Waals surface area contributed by atoms with Gasteiger partial charge in [0, 0.05) is 12.7 Å². The molecule has 3 N–H and O–H groups in total. The summed E-state index contributed by atoms with van der Waals surface area (Å²) in [4.78, 5) is 35.2. The third-order valence-corrected chi connectivity index (χ3v) is 4.08. The minimum atomic E-state index is -0.626. The molecule has 0 atom stereocenters. The van der Waals surface area contributed by atoms with E-state index in [0.717, 1.165) is 16.8 Å². The van der Waals surface area contributed by atoms with Crippen molar-refractivity contribution in [3.8, 4) is 0 Å². The zero-order chi connectivity index (χ0) is 19.8. The lowest BCUT2D eigenvalue weighted by atomic mass is 10.1. The molecule has 7 nitrogen and oxygen atoms in total. The number of benzene rings is 2. The van der Waals surface area contributed by atoms with E-state index in [1.54, 1.807) is 24.3 Å². The maximum Gasteiger partial charge on any atom is 0.340 e. The normalized spacial score (nSPS) is 10.0. The summed E-state index contributed by atoms with van der Waals surface area (Å²) in [6, 6.07) is 12.8. The van der Waals surface area contributed by atoms with E-state index in [9.17, 15) is 14.4 Å². The number of rotatable bonds is 7. The molecule has 142 valence electrons. The largest absolute Gasteiger partial charge is 0.452 e. The van der Waals surface area contributed by atoms with Gasteiger partial charge in [0.25, 0.3) is 5.91 Å². The quantitative estimate of drug-likeness (QED) is 0.649. The fraction of sp³-hybridized carbons (Fsp3) is 0.250. The van der Waals surface area contributed by atoms with Crippen molar-refractivity contribution in [3.05, 3.63) is 59.2 Å². The lowest BCUT2D eigenvalue weighted by molar-refractivity contribution is -0.127. The maximum atomic E-state index is 12.4. The number of aryl methyl sites for hydroxylation is 1. The van der Waals surface area contributed by atoms with Gasteiger partial charge in [-0.05, 0) is 43.2 Å². The van der Waals surface area contributed by atoms with Crippen molar-refractivity contribution < 1.29 is 19.1 Å². The number of para-hydroxylation sites is 1. The number of nitrogens with one attached hydrogen (secondary N) is 3. The highest BCUT2D eigenvalue weighted by molar-refractivity contribution is 5.97. The van der Waals surface area contributed by atoms with Crippen LogP contribution in [0.2, 0.25) is 0 Å². The van der Waals surface area contributed by atoms with Crippen LogP contribution in [0.1, 0.15) is 21.5 Å². The highest BCUT2D eigenvalue weighted by atomic mass is 16.5. The van der Waals surface area contributed by atoms with Gasteiger partial charge in [-0.25, -0.2) is 4.79 Å². The van der Waals surface area contributed by atoms with Crippen LogP contribution < -0.4 is 16.0 Å². The number of carbonyl (C=O) groups excluding carboxylic acids is 3. The summed E-state index contributed by atoms with van der Waals surface area (Å²) in [5.41, 5.74) is 4.00. The highest BCUT2D eigenvalue weighted by Crippen LogP contribution is 2.25. The molecule has 0 saturated carbocycles. The molecule has 0 aromatic heterocycles. The van der Waals surface area contributed by atoms with Crippen molar-refractivity contribution in [1.29, 1.82) is 0 Å². The zero-order valence-corrected chi connectivity index (χ0v) is 15.6. The summed E-state index contributed by atoms with van der Waals surface area (Å²) in [7, 11) is 1.47. The van der Waals surface area contributed by atoms with Crippen LogP contribution in [0.3, 0.4) is 0 Å². The number of anilines is 2. The Hall–Kier alpha value is -3.35. The fourth-order valence-electron chi connectivity index (χ4n) is 2.33. The summed E-state index contributed by atoms with van der Waals surface area (Å²) in [6.45, 7) is 3.37. The average Bonchev–Trinajstić information content (AvgIpc) is 2.68. The molecule has 0 unspecified atom stereocenters. The van der Waals surface area contributed by atoms with Gasteiger partial charge in [0.2, 0.25) is 5.91 Å². The van der Waals surface area contributed by atoms with Crippen molar-refractivity contribution >= 4 is 29.2 Å². The van der Waals surface area contributed by atoms with E-state index in [2.05, 4.69) is 16.0 Å². The van der Waals surface area contributed by atoms with E-state index in [1.165, 1.54) is 7.05 Å². The van der Waals surface area contributed by atoms with Crippen LogP contribution in [0.4, 0.5) is 11.4 Å². The number of esters is 1. The summed E-state index contributed by atoms with van der Waals surface area (Å²) in [5.74, 6) is -1.51. The number of amides is 2. The molecular formula is C20H23N3O4. The molecule has 0 aliphatic rings. The molecule has 0 bridgehead atoms. The molecule has 0 fully saturated rings. The molecule has 0 aliphatic heterocycles. The molecule has 7 heteroatoms. The van der Waals surface area contributed by atoms with Crippen molar-refractivity contribution in [1.82, 2.24) is 10.6 Å². The molecule has 0 aliphatic carbocycles. The Bertz CT molecular complexity index is 849.